The number of carbonyl (C=O) groups excluding carboxylic acids is 1. The second-order valence-electron chi connectivity index (χ2n) is 5.68. The van der Waals surface area contributed by atoms with Gasteiger partial charge in [0, 0.05) is 28.0 Å². The third kappa shape index (κ3) is 4.02. The first kappa shape index (κ1) is 17.9. The van der Waals surface area contributed by atoms with Gasteiger partial charge in [0.15, 0.2) is 0 Å². The van der Waals surface area contributed by atoms with Gasteiger partial charge in [-0.05, 0) is 29.8 Å². The highest BCUT2D eigenvalue weighted by molar-refractivity contribution is 9.10. The van der Waals surface area contributed by atoms with Crippen LogP contribution in [0.5, 0.6) is 0 Å². The number of fused-ring (bicyclic) bond motifs is 1. The lowest BCUT2D eigenvalue weighted by Crippen LogP contribution is -2.44. The molecule has 0 spiro atoms. The Balaban J connectivity index is 1.72. The average molecular weight is 420 g/mol. The second-order valence-corrected chi connectivity index (χ2v) is 6.59. The van der Waals surface area contributed by atoms with Crippen molar-refractivity contribution >= 4 is 44.5 Å². The zero-order valence-electron chi connectivity index (χ0n) is 13.4. The molecule has 0 radical (unpaired) electrons. The van der Waals surface area contributed by atoms with Crippen LogP contribution in [0, 0.1) is 5.82 Å². The van der Waals surface area contributed by atoms with E-state index >= 15 is 0 Å². The van der Waals surface area contributed by atoms with Gasteiger partial charge < -0.3 is 20.7 Å². The fourth-order valence-corrected chi connectivity index (χ4v) is 2.96. The van der Waals surface area contributed by atoms with E-state index in [4.69, 9.17) is 0 Å². The number of H-pyrrole nitrogens is 1. The Labute approximate surface area is 156 Å². The minimum Gasteiger partial charge on any atom is -0.480 e. The molecule has 6 nitrogen and oxygen atoms in total. The lowest BCUT2D eigenvalue weighted by atomic mass is 10.1. The molecule has 3 aromatic rings. The summed E-state index contributed by atoms with van der Waals surface area (Å²) in [7, 11) is 0. The minimum absolute atomic E-state index is 0.0399. The van der Waals surface area contributed by atoms with Gasteiger partial charge in [-0.1, -0.05) is 34.1 Å². The lowest BCUT2D eigenvalue weighted by molar-refractivity contribution is -0.139. The van der Waals surface area contributed by atoms with Crippen LogP contribution in [0.1, 0.15) is 5.56 Å². The maximum atomic E-state index is 13.8. The van der Waals surface area contributed by atoms with E-state index in [-0.39, 0.29) is 12.1 Å². The van der Waals surface area contributed by atoms with Gasteiger partial charge in [-0.15, -0.1) is 0 Å². The van der Waals surface area contributed by atoms with E-state index in [0.29, 0.717) is 4.47 Å². The van der Waals surface area contributed by atoms with Crippen LogP contribution in [0.25, 0.3) is 10.9 Å². The van der Waals surface area contributed by atoms with E-state index in [0.717, 1.165) is 16.5 Å². The van der Waals surface area contributed by atoms with E-state index in [9.17, 15) is 19.1 Å². The maximum absolute atomic E-state index is 13.8. The van der Waals surface area contributed by atoms with E-state index < -0.39 is 23.9 Å². The third-order valence-corrected chi connectivity index (χ3v) is 4.37. The Morgan fingerprint density at radius 2 is 2.00 bits per heavy atom. The number of carboxylic acid groups (broad SMARTS) is 1. The number of aromatic amines is 1. The van der Waals surface area contributed by atoms with Gasteiger partial charge in [-0.2, -0.15) is 0 Å². The number of nitrogens with one attached hydrogen (secondary N) is 3. The number of aromatic nitrogens is 1. The molecule has 4 N–H and O–H groups in total. The summed E-state index contributed by atoms with van der Waals surface area (Å²) in [6.07, 6.45) is 1.81. The van der Waals surface area contributed by atoms with E-state index in [2.05, 4.69) is 31.5 Å². The molecule has 2 aromatic carbocycles. The summed E-state index contributed by atoms with van der Waals surface area (Å²) in [4.78, 5) is 26.7. The van der Waals surface area contributed by atoms with Crippen molar-refractivity contribution in [1.82, 2.24) is 10.3 Å². The van der Waals surface area contributed by atoms with E-state index in [1.54, 1.807) is 12.3 Å². The van der Waals surface area contributed by atoms with Gasteiger partial charge in [0.1, 0.15) is 11.9 Å². The predicted molar refractivity (Wildman–Crippen MR) is 99.7 cm³/mol. The van der Waals surface area contributed by atoms with Crippen molar-refractivity contribution in [3.8, 4) is 0 Å². The van der Waals surface area contributed by atoms with Crippen molar-refractivity contribution in [1.29, 1.82) is 0 Å². The number of carbonyl (C=O) groups is 2. The number of para-hydroxylation sites is 1. The number of anilines is 1. The number of urea groups is 1. The number of benzene rings is 2. The molecule has 8 heteroatoms. The van der Waals surface area contributed by atoms with Crippen LogP contribution in [0.4, 0.5) is 14.9 Å². The number of rotatable bonds is 5. The Morgan fingerprint density at radius 3 is 2.73 bits per heavy atom. The highest BCUT2D eigenvalue weighted by Crippen LogP contribution is 2.20. The predicted octanol–water partition coefficient (Wildman–Crippen LogP) is 3.89. The number of carboxylic acids is 1. The Bertz CT molecular complexity index is 973. The quantitative estimate of drug-likeness (QED) is 0.505. The summed E-state index contributed by atoms with van der Waals surface area (Å²) in [5.74, 6) is -1.81. The van der Waals surface area contributed by atoms with Gasteiger partial charge in [0.2, 0.25) is 0 Å². The average Bonchev–Trinajstić information content (AvgIpc) is 3.00. The van der Waals surface area contributed by atoms with E-state index in [1.165, 1.54) is 12.1 Å². The molecular formula is C18H15BrFN3O3. The molecule has 1 aromatic heterocycles. The van der Waals surface area contributed by atoms with Crippen LogP contribution in [-0.2, 0) is 11.2 Å². The molecule has 1 atom stereocenters. The van der Waals surface area contributed by atoms with Crippen molar-refractivity contribution in [2.75, 3.05) is 5.32 Å². The van der Waals surface area contributed by atoms with Crippen molar-refractivity contribution in [2.24, 2.45) is 0 Å². The second kappa shape index (κ2) is 7.57. The molecule has 2 amide bonds. The summed E-state index contributed by atoms with van der Waals surface area (Å²) in [5.41, 5.74) is 1.61. The molecule has 0 aliphatic heterocycles. The zero-order chi connectivity index (χ0) is 18.7. The number of hydrogen-bond donors (Lipinski definition) is 4. The van der Waals surface area contributed by atoms with Crippen LogP contribution in [0.15, 0.2) is 53.1 Å². The number of hydrogen-bond acceptors (Lipinski definition) is 2. The molecule has 0 aliphatic rings. The van der Waals surface area contributed by atoms with Crippen LogP contribution in [-0.4, -0.2) is 28.1 Å². The van der Waals surface area contributed by atoms with E-state index in [1.807, 2.05) is 24.3 Å². The molecule has 0 fully saturated rings. The molecule has 0 bridgehead atoms. The standard InChI is InChI=1S/C18H15BrFN3O3/c19-11-5-6-15(13(20)8-11)22-18(26)23-16(17(24)25)7-10-9-21-14-4-2-1-3-12(10)14/h1-6,8-9,16,21H,7H2,(H,24,25)(H2,22,23,26)/t16-/m0/s1. The van der Waals surface area contributed by atoms with Crippen LogP contribution in [0.3, 0.4) is 0 Å². The highest BCUT2D eigenvalue weighted by atomic mass is 79.9. The third-order valence-electron chi connectivity index (χ3n) is 3.88. The maximum Gasteiger partial charge on any atom is 0.326 e. The molecule has 0 saturated carbocycles. The summed E-state index contributed by atoms with van der Waals surface area (Å²) < 4.78 is 14.3. The molecule has 1 heterocycles. The zero-order valence-corrected chi connectivity index (χ0v) is 15.0. The van der Waals surface area contributed by atoms with Crippen molar-refractivity contribution in [3.63, 3.8) is 0 Å². The van der Waals surface area contributed by atoms with Gasteiger partial charge >= 0.3 is 12.0 Å². The number of amides is 2. The van der Waals surface area contributed by atoms with Crippen molar-refractivity contribution < 1.29 is 19.1 Å². The van der Waals surface area contributed by atoms with Gasteiger partial charge in [-0.25, -0.2) is 14.0 Å². The monoisotopic (exact) mass is 419 g/mol. The fourth-order valence-electron chi connectivity index (χ4n) is 2.63. The molecular weight excluding hydrogens is 405 g/mol. The smallest absolute Gasteiger partial charge is 0.326 e. The van der Waals surface area contributed by atoms with Crippen molar-refractivity contribution in [2.45, 2.75) is 12.5 Å². The topological polar surface area (TPSA) is 94.2 Å². The molecule has 0 aliphatic carbocycles. The van der Waals surface area contributed by atoms with Gasteiger partial charge in [0.25, 0.3) is 0 Å². The Kier molecular flexibility index (Phi) is 5.22. The largest absolute Gasteiger partial charge is 0.480 e. The van der Waals surface area contributed by atoms with Gasteiger partial charge in [-0.3, -0.25) is 0 Å². The Morgan fingerprint density at radius 1 is 1.23 bits per heavy atom. The summed E-state index contributed by atoms with van der Waals surface area (Å²) in [5, 5.41) is 15.0. The minimum atomic E-state index is -1.18. The Hall–Kier alpha value is -2.87. The first-order valence-electron chi connectivity index (χ1n) is 7.74. The summed E-state index contributed by atoms with van der Waals surface area (Å²) in [6, 6.07) is 9.68. The molecule has 0 unspecified atom stereocenters. The number of aliphatic carboxylic acids is 1. The molecule has 26 heavy (non-hydrogen) atoms. The lowest BCUT2D eigenvalue weighted by Gasteiger charge is -2.15. The van der Waals surface area contributed by atoms with Gasteiger partial charge in [0.05, 0.1) is 5.69 Å². The molecule has 3 rings (SSSR count). The van der Waals surface area contributed by atoms with Crippen LogP contribution >= 0.6 is 15.9 Å². The highest BCUT2D eigenvalue weighted by Gasteiger charge is 2.22. The normalized spacial score (nSPS) is 11.9. The summed E-state index contributed by atoms with van der Waals surface area (Å²) in [6.45, 7) is 0. The fraction of sp³-hybridized carbons (Fsp3) is 0.111. The van der Waals surface area contributed by atoms with Crippen LogP contribution in [0.2, 0.25) is 0 Å². The first-order valence-corrected chi connectivity index (χ1v) is 8.53. The first-order chi connectivity index (χ1) is 12.4. The van der Waals surface area contributed by atoms with Crippen LogP contribution < -0.4 is 10.6 Å². The molecule has 0 saturated heterocycles. The van der Waals surface area contributed by atoms with Crippen molar-refractivity contribution in [3.05, 3.63) is 64.5 Å². The molecule has 134 valence electrons. The number of halogens is 2. The SMILES string of the molecule is O=C(Nc1ccc(Br)cc1F)N[C@@H](Cc1c[nH]c2ccccc12)C(=O)O. The summed E-state index contributed by atoms with van der Waals surface area (Å²) >= 11 is 3.13.